The van der Waals surface area contributed by atoms with Gasteiger partial charge in [-0.25, -0.2) is 0 Å². The zero-order valence-corrected chi connectivity index (χ0v) is 17.8. The van der Waals surface area contributed by atoms with Crippen molar-refractivity contribution in [1.82, 2.24) is 14.8 Å². The average Bonchev–Trinajstić information content (AvgIpc) is 3.01. The van der Waals surface area contributed by atoms with E-state index in [1.54, 1.807) is 7.11 Å². The second kappa shape index (κ2) is 9.81. The van der Waals surface area contributed by atoms with Crippen LogP contribution in [0.3, 0.4) is 0 Å². The predicted molar refractivity (Wildman–Crippen MR) is 121 cm³/mol. The predicted octanol–water partition coefficient (Wildman–Crippen LogP) is 3.89. The summed E-state index contributed by atoms with van der Waals surface area (Å²) in [6, 6.07) is 16.6. The highest BCUT2D eigenvalue weighted by Gasteiger charge is 2.20. The number of aromatic amines is 1. The van der Waals surface area contributed by atoms with Crippen LogP contribution in [0, 0.1) is 0 Å². The van der Waals surface area contributed by atoms with E-state index in [1.165, 1.54) is 5.56 Å². The lowest BCUT2D eigenvalue weighted by molar-refractivity contribution is -0.130. The molecule has 2 heterocycles. The molecule has 4 rings (SSSR count). The Morgan fingerprint density at radius 1 is 1.07 bits per heavy atom. The number of hydrogen-bond acceptors (Lipinski definition) is 3. The van der Waals surface area contributed by atoms with Gasteiger partial charge < -0.3 is 19.5 Å². The Bertz CT molecular complexity index is 967. The van der Waals surface area contributed by atoms with Crippen LogP contribution in [0.1, 0.15) is 24.0 Å². The minimum absolute atomic E-state index is 0.213. The van der Waals surface area contributed by atoms with Crippen molar-refractivity contribution in [2.24, 2.45) is 0 Å². The number of nitrogens with zero attached hydrogens (tertiary/aromatic N) is 2. The summed E-state index contributed by atoms with van der Waals surface area (Å²) in [6.45, 7) is 4.79. The molecule has 1 fully saturated rings. The summed E-state index contributed by atoms with van der Waals surface area (Å²) in [5.41, 5.74) is 3.48. The van der Waals surface area contributed by atoms with Crippen LogP contribution in [0.15, 0.2) is 54.7 Å². The normalized spacial score (nSPS) is 15.3. The SMILES string of the molecule is COc1ccc2[nH]cc(CC(=O)N3CCCN(CCCc4ccccc4)CC3)c2c1. The number of amides is 1. The highest BCUT2D eigenvalue weighted by Crippen LogP contribution is 2.24. The second-order valence-corrected chi connectivity index (χ2v) is 8.07. The Hall–Kier alpha value is -2.79. The van der Waals surface area contributed by atoms with Gasteiger partial charge >= 0.3 is 0 Å². The van der Waals surface area contributed by atoms with Gasteiger partial charge in [0.25, 0.3) is 0 Å². The standard InChI is InChI=1S/C25H31N3O2/c1-30-22-10-11-24-23(18-22)21(19-26-24)17-25(29)28-14-6-13-27(15-16-28)12-5-9-20-7-3-2-4-8-20/h2-4,7-8,10-11,18-19,26H,5-6,9,12-17H2,1H3. The topological polar surface area (TPSA) is 48.6 Å². The van der Waals surface area contributed by atoms with Crippen LogP contribution in [-0.2, 0) is 17.6 Å². The summed E-state index contributed by atoms with van der Waals surface area (Å²) in [6.07, 6.45) is 5.70. The van der Waals surface area contributed by atoms with Gasteiger partial charge in [-0.05, 0) is 61.7 Å². The van der Waals surface area contributed by atoms with Crippen molar-refractivity contribution in [3.05, 3.63) is 65.9 Å². The zero-order valence-electron chi connectivity index (χ0n) is 17.8. The van der Waals surface area contributed by atoms with E-state index in [9.17, 15) is 4.79 Å². The van der Waals surface area contributed by atoms with Crippen molar-refractivity contribution in [3.8, 4) is 5.75 Å². The van der Waals surface area contributed by atoms with E-state index >= 15 is 0 Å². The second-order valence-electron chi connectivity index (χ2n) is 8.07. The molecule has 0 atom stereocenters. The molecule has 5 heteroatoms. The molecule has 0 spiro atoms. The van der Waals surface area contributed by atoms with E-state index in [-0.39, 0.29) is 5.91 Å². The van der Waals surface area contributed by atoms with E-state index < -0.39 is 0 Å². The molecule has 1 aliphatic heterocycles. The maximum atomic E-state index is 13.0. The first-order valence-corrected chi connectivity index (χ1v) is 10.9. The number of H-pyrrole nitrogens is 1. The third kappa shape index (κ3) is 5.03. The van der Waals surface area contributed by atoms with Gasteiger partial charge in [-0.2, -0.15) is 0 Å². The molecule has 2 aromatic carbocycles. The van der Waals surface area contributed by atoms with Gasteiger partial charge in [0.15, 0.2) is 0 Å². The minimum Gasteiger partial charge on any atom is -0.497 e. The lowest BCUT2D eigenvalue weighted by Gasteiger charge is -2.22. The number of nitrogens with one attached hydrogen (secondary N) is 1. The van der Waals surface area contributed by atoms with Gasteiger partial charge in [0.1, 0.15) is 5.75 Å². The van der Waals surface area contributed by atoms with Crippen LogP contribution >= 0.6 is 0 Å². The van der Waals surface area contributed by atoms with Crippen LogP contribution in [0.5, 0.6) is 5.75 Å². The molecule has 0 radical (unpaired) electrons. The Morgan fingerprint density at radius 3 is 2.77 bits per heavy atom. The first-order chi connectivity index (χ1) is 14.7. The van der Waals surface area contributed by atoms with Gasteiger partial charge in [-0.15, -0.1) is 0 Å². The fourth-order valence-corrected chi connectivity index (χ4v) is 4.30. The van der Waals surface area contributed by atoms with Crippen molar-refractivity contribution < 1.29 is 9.53 Å². The number of fused-ring (bicyclic) bond motifs is 1. The van der Waals surface area contributed by atoms with Crippen molar-refractivity contribution in [2.45, 2.75) is 25.7 Å². The summed E-state index contributed by atoms with van der Waals surface area (Å²) < 4.78 is 5.34. The summed E-state index contributed by atoms with van der Waals surface area (Å²) in [7, 11) is 1.67. The minimum atomic E-state index is 0.213. The van der Waals surface area contributed by atoms with Gasteiger partial charge in [0.05, 0.1) is 13.5 Å². The van der Waals surface area contributed by atoms with Crippen LogP contribution in [0.4, 0.5) is 0 Å². The largest absolute Gasteiger partial charge is 0.497 e. The molecular formula is C25H31N3O2. The van der Waals surface area contributed by atoms with Crippen LogP contribution in [0.2, 0.25) is 0 Å². The highest BCUT2D eigenvalue weighted by atomic mass is 16.5. The molecule has 0 saturated carbocycles. The maximum Gasteiger partial charge on any atom is 0.227 e. The summed E-state index contributed by atoms with van der Waals surface area (Å²) >= 11 is 0. The summed E-state index contributed by atoms with van der Waals surface area (Å²) in [4.78, 5) is 20.8. The van der Waals surface area contributed by atoms with Gasteiger partial charge in [-0.1, -0.05) is 30.3 Å². The van der Waals surface area contributed by atoms with Crippen molar-refractivity contribution in [1.29, 1.82) is 0 Å². The van der Waals surface area contributed by atoms with E-state index in [1.807, 2.05) is 29.3 Å². The number of ether oxygens (including phenoxy) is 1. The molecule has 0 aliphatic carbocycles. The van der Waals surface area contributed by atoms with Crippen molar-refractivity contribution >= 4 is 16.8 Å². The Kier molecular flexibility index (Phi) is 6.70. The van der Waals surface area contributed by atoms with E-state index in [2.05, 4.69) is 40.2 Å². The molecule has 30 heavy (non-hydrogen) atoms. The lowest BCUT2D eigenvalue weighted by Crippen LogP contribution is -2.36. The maximum absolute atomic E-state index is 13.0. The van der Waals surface area contributed by atoms with E-state index in [0.717, 1.165) is 74.2 Å². The fraction of sp³-hybridized carbons (Fsp3) is 0.400. The van der Waals surface area contributed by atoms with Crippen LogP contribution < -0.4 is 4.74 Å². The van der Waals surface area contributed by atoms with E-state index in [4.69, 9.17) is 4.74 Å². The number of carbonyl (C=O) groups excluding carboxylic acids is 1. The van der Waals surface area contributed by atoms with Gasteiger partial charge in [0.2, 0.25) is 5.91 Å². The Balaban J connectivity index is 1.29. The molecule has 1 aliphatic rings. The molecule has 158 valence electrons. The zero-order chi connectivity index (χ0) is 20.8. The van der Waals surface area contributed by atoms with Gasteiger partial charge in [-0.3, -0.25) is 4.79 Å². The fourth-order valence-electron chi connectivity index (χ4n) is 4.30. The summed E-state index contributed by atoms with van der Waals surface area (Å²) in [5, 5.41) is 1.07. The summed E-state index contributed by atoms with van der Waals surface area (Å²) in [5.74, 6) is 1.03. The molecule has 5 nitrogen and oxygen atoms in total. The lowest BCUT2D eigenvalue weighted by atomic mass is 10.1. The number of aromatic nitrogens is 1. The molecule has 3 aromatic rings. The molecule has 0 bridgehead atoms. The molecule has 1 saturated heterocycles. The average molecular weight is 406 g/mol. The molecule has 1 amide bonds. The molecule has 1 aromatic heterocycles. The number of methoxy groups -OCH3 is 1. The monoisotopic (exact) mass is 405 g/mol. The Labute approximate surface area is 178 Å². The first kappa shape index (κ1) is 20.5. The third-order valence-corrected chi connectivity index (χ3v) is 6.04. The highest BCUT2D eigenvalue weighted by molar-refractivity contribution is 5.89. The number of benzene rings is 2. The number of carbonyl (C=O) groups is 1. The van der Waals surface area contributed by atoms with Gasteiger partial charge in [0, 0.05) is 36.7 Å². The quantitative estimate of drug-likeness (QED) is 0.649. The van der Waals surface area contributed by atoms with E-state index in [0.29, 0.717) is 6.42 Å². The van der Waals surface area contributed by atoms with Crippen molar-refractivity contribution in [3.63, 3.8) is 0 Å². The van der Waals surface area contributed by atoms with Crippen molar-refractivity contribution in [2.75, 3.05) is 39.8 Å². The van der Waals surface area contributed by atoms with Crippen LogP contribution in [-0.4, -0.2) is 60.5 Å². The third-order valence-electron chi connectivity index (χ3n) is 6.04. The molecule has 0 unspecified atom stereocenters. The number of hydrogen-bond donors (Lipinski definition) is 1. The first-order valence-electron chi connectivity index (χ1n) is 10.9. The molecular weight excluding hydrogens is 374 g/mol. The molecule has 1 N–H and O–H groups in total. The number of rotatable bonds is 7. The Morgan fingerprint density at radius 2 is 1.93 bits per heavy atom. The number of aryl methyl sites for hydroxylation is 1. The smallest absolute Gasteiger partial charge is 0.227 e. The van der Waals surface area contributed by atoms with Crippen LogP contribution in [0.25, 0.3) is 10.9 Å².